The highest BCUT2D eigenvalue weighted by Crippen LogP contribution is 2.30. The lowest BCUT2D eigenvalue weighted by Gasteiger charge is -2.30. The molecule has 0 unspecified atom stereocenters. The van der Waals surface area contributed by atoms with Gasteiger partial charge in [-0.3, -0.25) is 0 Å². The number of aromatic carboxylic acids is 1. The van der Waals surface area contributed by atoms with Gasteiger partial charge < -0.3 is 9.84 Å². The summed E-state index contributed by atoms with van der Waals surface area (Å²) in [5, 5.41) is 9.10. The third-order valence-electron chi connectivity index (χ3n) is 3.14. The average Bonchev–Trinajstić information content (AvgIpc) is 2.36. The number of carboxylic acid groups (broad SMARTS) is 1. The molecule has 0 spiro atoms. The minimum Gasteiger partial charge on any atom is -0.477 e. The van der Waals surface area contributed by atoms with Crippen LogP contribution in [-0.2, 0) is 10.3 Å². The van der Waals surface area contributed by atoms with Crippen molar-refractivity contribution in [2.45, 2.75) is 46.1 Å². The normalized spacial score (nSPS) is 11.6. The van der Waals surface area contributed by atoms with Crippen LogP contribution in [0.1, 0.15) is 55.5 Å². The Kier molecular flexibility index (Phi) is 4.78. The Morgan fingerprint density at radius 3 is 2.44 bits per heavy atom. The second kappa shape index (κ2) is 5.91. The smallest absolute Gasteiger partial charge is 0.354 e. The van der Waals surface area contributed by atoms with Crippen LogP contribution in [0.3, 0.4) is 0 Å². The Balaban J connectivity index is 3.29. The zero-order valence-electron chi connectivity index (χ0n) is 11.4. The van der Waals surface area contributed by atoms with E-state index in [0.717, 1.165) is 0 Å². The molecule has 0 saturated carbocycles. The van der Waals surface area contributed by atoms with Gasteiger partial charge in [-0.2, -0.15) is 0 Å². The van der Waals surface area contributed by atoms with E-state index in [4.69, 9.17) is 9.84 Å². The SMILES string of the molecule is CCOC(CC)(CC)c1ncc(C)c(C(=O)O)n1. The molecule has 5 nitrogen and oxygen atoms in total. The molecule has 18 heavy (non-hydrogen) atoms. The van der Waals surface area contributed by atoms with Crippen molar-refractivity contribution >= 4 is 5.97 Å². The number of aromatic nitrogens is 2. The minimum atomic E-state index is -1.03. The van der Waals surface area contributed by atoms with E-state index < -0.39 is 11.6 Å². The summed E-state index contributed by atoms with van der Waals surface area (Å²) in [6, 6.07) is 0. The number of hydrogen-bond donors (Lipinski definition) is 1. The van der Waals surface area contributed by atoms with E-state index in [2.05, 4.69) is 9.97 Å². The molecule has 0 aliphatic rings. The molecule has 1 aromatic rings. The summed E-state index contributed by atoms with van der Waals surface area (Å²) in [6.45, 7) is 8.12. The summed E-state index contributed by atoms with van der Waals surface area (Å²) in [6.07, 6.45) is 2.96. The van der Waals surface area contributed by atoms with Crippen LogP contribution in [0.25, 0.3) is 0 Å². The summed E-state index contributed by atoms with van der Waals surface area (Å²) in [4.78, 5) is 19.5. The van der Waals surface area contributed by atoms with Crippen LogP contribution in [0.4, 0.5) is 0 Å². The zero-order valence-corrected chi connectivity index (χ0v) is 11.4. The van der Waals surface area contributed by atoms with Gasteiger partial charge in [-0.15, -0.1) is 0 Å². The quantitative estimate of drug-likeness (QED) is 0.842. The van der Waals surface area contributed by atoms with Crippen LogP contribution in [-0.4, -0.2) is 27.7 Å². The second-order valence-corrected chi connectivity index (χ2v) is 4.16. The highest BCUT2D eigenvalue weighted by molar-refractivity contribution is 5.86. The van der Waals surface area contributed by atoms with Crippen molar-refractivity contribution in [1.82, 2.24) is 9.97 Å². The first-order valence-corrected chi connectivity index (χ1v) is 6.22. The van der Waals surface area contributed by atoms with Gasteiger partial charge in [0.05, 0.1) is 0 Å². The summed E-state index contributed by atoms with van der Waals surface area (Å²) in [5.74, 6) is -0.578. The fourth-order valence-electron chi connectivity index (χ4n) is 1.99. The molecular weight excluding hydrogens is 232 g/mol. The predicted octanol–water partition coefficient (Wildman–Crippen LogP) is 2.54. The molecule has 0 aromatic carbocycles. The van der Waals surface area contributed by atoms with Gasteiger partial charge in [0.25, 0.3) is 0 Å². The molecule has 1 N–H and O–H groups in total. The zero-order chi connectivity index (χ0) is 13.8. The third-order valence-corrected chi connectivity index (χ3v) is 3.14. The van der Waals surface area contributed by atoms with Gasteiger partial charge in [0.1, 0.15) is 5.60 Å². The molecule has 0 fully saturated rings. The number of aryl methyl sites for hydroxylation is 1. The number of nitrogens with zero attached hydrogens (tertiary/aromatic N) is 2. The summed E-state index contributed by atoms with van der Waals surface area (Å²) in [7, 11) is 0. The number of hydrogen-bond acceptors (Lipinski definition) is 4. The fourth-order valence-corrected chi connectivity index (χ4v) is 1.99. The predicted molar refractivity (Wildman–Crippen MR) is 67.6 cm³/mol. The van der Waals surface area contributed by atoms with Gasteiger partial charge in [-0.05, 0) is 26.7 Å². The molecule has 0 bridgehead atoms. The number of carbonyl (C=O) groups is 1. The van der Waals surface area contributed by atoms with Gasteiger partial charge in [0.15, 0.2) is 11.5 Å². The highest BCUT2D eigenvalue weighted by atomic mass is 16.5. The van der Waals surface area contributed by atoms with Gasteiger partial charge in [-0.25, -0.2) is 14.8 Å². The van der Waals surface area contributed by atoms with E-state index in [9.17, 15) is 4.79 Å². The lowest BCUT2D eigenvalue weighted by atomic mass is 9.95. The van der Waals surface area contributed by atoms with Crippen molar-refractivity contribution in [2.75, 3.05) is 6.61 Å². The van der Waals surface area contributed by atoms with Crippen LogP contribution < -0.4 is 0 Å². The van der Waals surface area contributed by atoms with Crippen molar-refractivity contribution in [1.29, 1.82) is 0 Å². The van der Waals surface area contributed by atoms with E-state index in [1.165, 1.54) is 0 Å². The molecule has 0 aliphatic heterocycles. The van der Waals surface area contributed by atoms with Gasteiger partial charge in [0, 0.05) is 18.4 Å². The molecule has 100 valence electrons. The van der Waals surface area contributed by atoms with E-state index in [1.807, 2.05) is 20.8 Å². The van der Waals surface area contributed by atoms with Crippen molar-refractivity contribution in [3.05, 3.63) is 23.3 Å². The second-order valence-electron chi connectivity index (χ2n) is 4.16. The van der Waals surface area contributed by atoms with E-state index in [1.54, 1.807) is 13.1 Å². The summed E-state index contributed by atoms with van der Waals surface area (Å²) < 4.78 is 5.77. The Hall–Kier alpha value is -1.49. The maximum atomic E-state index is 11.1. The molecule has 1 rings (SSSR count). The first-order valence-electron chi connectivity index (χ1n) is 6.22. The first kappa shape index (κ1) is 14.6. The highest BCUT2D eigenvalue weighted by Gasteiger charge is 2.33. The first-order chi connectivity index (χ1) is 8.50. The van der Waals surface area contributed by atoms with Gasteiger partial charge in [-0.1, -0.05) is 13.8 Å². The van der Waals surface area contributed by atoms with E-state index >= 15 is 0 Å². The van der Waals surface area contributed by atoms with E-state index in [-0.39, 0.29) is 5.69 Å². The molecule has 0 radical (unpaired) electrons. The van der Waals surface area contributed by atoms with Crippen LogP contribution in [0, 0.1) is 6.92 Å². The van der Waals surface area contributed by atoms with Crippen LogP contribution in [0.15, 0.2) is 6.20 Å². The van der Waals surface area contributed by atoms with Crippen molar-refractivity contribution in [3.8, 4) is 0 Å². The number of rotatable bonds is 6. The third kappa shape index (κ3) is 2.67. The molecule has 0 saturated heterocycles. The Labute approximate surface area is 107 Å². The molecule has 0 aliphatic carbocycles. The Morgan fingerprint density at radius 1 is 1.39 bits per heavy atom. The lowest BCUT2D eigenvalue weighted by Crippen LogP contribution is -2.31. The molecule has 1 aromatic heterocycles. The Bertz CT molecular complexity index is 428. The average molecular weight is 252 g/mol. The lowest BCUT2D eigenvalue weighted by molar-refractivity contribution is -0.0573. The minimum absolute atomic E-state index is 0.0472. The van der Waals surface area contributed by atoms with Gasteiger partial charge >= 0.3 is 5.97 Å². The monoisotopic (exact) mass is 252 g/mol. The van der Waals surface area contributed by atoms with Crippen molar-refractivity contribution < 1.29 is 14.6 Å². The summed E-state index contributed by atoms with van der Waals surface area (Å²) >= 11 is 0. The standard InChI is InChI=1S/C13H20N2O3/c1-5-13(6-2,18-7-3)12-14-8-9(4)10(15-12)11(16)17/h8H,5-7H2,1-4H3,(H,16,17). The van der Waals surface area contributed by atoms with Crippen molar-refractivity contribution in [2.24, 2.45) is 0 Å². The molecule has 0 amide bonds. The van der Waals surface area contributed by atoms with Crippen LogP contribution in [0.5, 0.6) is 0 Å². The molecule has 5 heteroatoms. The van der Waals surface area contributed by atoms with Crippen LogP contribution >= 0.6 is 0 Å². The fraction of sp³-hybridized carbons (Fsp3) is 0.615. The van der Waals surface area contributed by atoms with E-state index in [0.29, 0.717) is 30.8 Å². The van der Waals surface area contributed by atoms with Crippen molar-refractivity contribution in [3.63, 3.8) is 0 Å². The molecule has 1 heterocycles. The van der Waals surface area contributed by atoms with Gasteiger partial charge in [0.2, 0.25) is 0 Å². The maximum absolute atomic E-state index is 11.1. The maximum Gasteiger partial charge on any atom is 0.354 e. The summed E-state index contributed by atoms with van der Waals surface area (Å²) in [5.41, 5.74) is 0.0157. The Morgan fingerprint density at radius 2 is 2.00 bits per heavy atom. The van der Waals surface area contributed by atoms with Crippen LogP contribution in [0.2, 0.25) is 0 Å². The molecule has 0 atom stereocenters. The largest absolute Gasteiger partial charge is 0.477 e. The number of carboxylic acids is 1. The molecular formula is C13H20N2O3. The number of ether oxygens (including phenoxy) is 1. The topological polar surface area (TPSA) is 72.3 Å².